The Morgan fingerprint density at radius 1 is 0.867 bits per heavy atom. The first-order valence-electron chi connectivity index (χ1n) is 10.8. The molecule has 4 rings (SSSR count). The van der Waals surface area contributed by atoms with Gasteiger partial charge >= 0.3 is 0 Å². The molecule has 6 nitrogen and oxygen atoms in total. The molecule has 0 aliphatic carbocycles. The van der Waals surface area contributed by atoms with Crippen molar-refractivity contribution in [3.63, 3.8) is 0 Å². The summed E-state index contributed by atoms with van der Waals surface area (Å²) in [6.45, 7) is 5.48. The Balaban J connectivity index is 1.26. The molecule has 2 saturated heterocycles. The lowest BCUT2D eigenvalue weighted by molar-refractivity contribution is -0.134. The van der Waals surface area contributed by atoms with E-state index in [1.54, 1.807) is 11.3 Å². The molecule has 0 spiro atoms. The highest BCUT2D eigenvalue weighted by atomic mass is 32.1. The molecule has 2 aliphatic heterocycles. The maximum Gasteiger partial charge on any atom is 0.236 e. The second-order valence-electron chi connectivity index (χ2n) is 7.98. The standard InChI is InChI=1S/C23H30N4O2S/c28-21(17-24-23(20-9-6-16-30-20)19-7-2-1-3-8-19)27-14-12-25(13-15-27)18-22(29)26-10-4-5-11-26/h1-3,6-9,16,23-24H,4-5,10-15,17-18H2. The van der Waals surface area contributed by atoms with Gasteiger partial charge in [0, 0.05) is 44.1 Å². The topological polar surface area (TPSA) is 55.9 Å². The highest BCUT2D eigenvalue weighted by Crippen LogP contribution is 2.25. The van der Waals surface area contributed by atoms with Crippen LogP contribution in [0, 0.1) is 0 Å². The minimum absolute atomic E-state index is 0.0227. The number of thiophene rings is 1. The van der Waals surface area contributed by atoms with Gasteiger partial charge in [-0.3, -0.25) is 19.8 Å². The molecule has 2 aromatic rings. The first-order chi connectivity index (χ1) is 14.7. The van der Waals surface area contributed by atoms with Gasteiger partial charge in [-0.1, -0.05) is 36.4 Å². The van der Waals surface area contributed by atoms with Crippen molar-refractivity contribution in [1.82, 2.24) is 20.0 Å². The van der Waals surface area contributed by atoms with Crippen molar-refractivity contribution in [2.75, 3.05) is 52.4 Å². The van der Waals surface area contributed by atoms with Gasteiger partial charge in [0.2, 0.25) is 11.8 Å². The Labute approximate surface area is 182 Å². The molecule has 1 aromatic carbocycles. The third-order valence-corrected chi connectivity index (χ3v) is 6.90. The maximum atomic E-state index is 12.8. The predicted molar refractivity (Wildman–Crippen MR) is 119 cm³/mol. The van der Waals surface area contributed by atoms with Crippen LogP contribution in [0.1, 0.15) is 29.3 Å². The van der Waals surface area contributed by atoms with E-state index >= 15 is 0 Å². The lowest BCUT2D eigenvalue weighted by Crippen LogP contribution is -2.53. The molecule has 2 amide bonds. The summed E-state index contributed by atoms with van der Waals surface area (Å²) >= 11 is 1.70. The minimum atomic E-state index is 0.0227. The summed E-state index contributed by atoms with van der Waals surface area (Å²) in [4.78, 5) is 32.4. The summed E-state index contributed by atoms with van der Waals surface area (Å²) in [5, 5.41) is 5.53. The van der Waals surface area contributed by atoms with Crippen molar-refractivity contribution < 1.29 is 9.59 Å². The summed E-state index contributed by atoms with van der Waals surface area (Å²) < 4.78 is 0. The molecular formula is C23H30N4O2S. The summed E-state index contributed by atoms with van der Waals surface area (Å²) in [5.41, 5.74) is 1.16. The van der Waals surface area contributed by atoms with E-state index in [4.69, 9.17) is 0 Å². The van der Waals surface area contributed by atoms with Crippen LogP contribution in [0.5, 0.6) is 0 Å². The van der Waals surface area contributed by atoms with Crippen molar-refractivity contribution in [3.8, 4) is 0 Å². The number of likely N-dealkylation sites (tertiary alicyclic amines) is 1. The van der Waals surface area contributed by atoms with E-state index in [0.717, 1.165) is 44.6 Å². The number of nitrogens with zero attached hydrogens (tertiary/aromatic N) is 3. The van der Waals surface area contributed by atoms with Gasteiger partial charge in [0.15, 0.2) is 0 Å². The number of rotatable bonds is 7. The normalized spacial score (nSPS) is 18.5. The van der Waals surface area contributed by atoms with Crippen LogP contribution in [0.4, 0.5) is 0 Å². The Bertz CT molecular complexity index is 813. The molecule has 2 fully saturated rings. The highest BCUT2D eigenvalue weighted by molar-refractivity contribution is 7.10. The Morgan fingerprint density at radius 3 is 2.23 bits per heavy atom. The van der Waals surface area contributed by atoms with Crippen LogP contribution in [0.15, 0.2) is 47.8 Å². The van der Waals surface area contributed by atoms with E-state index in [0.29, 0.717) is 26.2 Å². The van der Waals surface area contributed by atoms with Gasteiger partial charge in [0.1, 0.15) is 0 Å². The molecule has 1 unspecified atom stereocenters. The lowest BCUT2D eigenvalue weighted by Gasteiger charge is -2.35. The zero-order valence-electron chi connectivity index (χ0n) is 17.3. The molecule has 3 heterocycles. The largest absolute Gasteiger partial charge is 0.342 e. The fraction of sp³-hybridized carbons (Fsp3) is 0.478. The van der Waals surface area contributed by atoms with Crippen molar-refractivity contribution in [2.24, 2.45) is 0 Å². The van der Waals surface area contributed by atoms with Crippen molar-refractivity contribution in [2.45, 2.75) is 18.9 Å². The third kappa shape index (κ3) is 5.28. The average Bonchev–Trinajstić information content (AvgIpc) is 3.50. The number of hydrogen-bond donors (Lipinski definition) is 1. The van der Waals surface area contributed by atoms with E-state index in [-0.39, 0.29) is 17.9 Å². The van der Waals surface area contributed by atoms with Gasteiger partial charge < -0.3 is 9.80 Å². The highest BCUT2D eigenvalue weighted by Gasteiger charge is 2.26. The number of benzene rings is 1. The number of amides is 2. The second kappa shape index (κ2) is 10.2. The van der Waals surface area contributed by atoms with Gasteiger partial charge in [-0.15, -0.1) is 11.3 Å². The van der Waals surface area contributed by atoms with Gasteiger partial charge in [0.25, 0.3) is 0 Å². The van der Waals surface area contributed by atoms with Gasteiger partial charge in [0.05, 0.1) is 19.1 Å². The predicted octanol–water partition coefficient (Wildman–Crippen LogP) is 2.19. The first-order valence-corrected chi connectivity index (χ1v) is 11.7. The van der Waals surface area contributed by atoms with Crippen LogP contribution in [0.25, 0.3) is 0 Å². The first kappa shape index (κ1) is 21.0. The molecule has 160 valence electrons. The molecule has 30 heavy (non-hydrogen) atoms. The van der Waals surface area contributed by atoms with Crippen LogP contribution in [0.2, 0.25) is 0 Å². The molecule has 1 atom stereocenters. The maximum absolute atomic E-state index is 12.8. The number of hydrogen-bond acceptors (Lipinski definition) is 5. The minimum Gasteiger partial charge on any atom is -0.342 e. The molecule has 0 radical (unpaired) electrons. The number of piperazine rings is 1. The third-order valence-electron chi connectivity index (χ3n) is 5.96. The molecule has 7 heteroatoms. The van der Waals surface area contributed by atoms with E-state index < -0.39 is 0 Å². The summed E-state index contributed by atoms with van der Waals surface area (Å²) in [6.07, 6.45) is 2.24. The van der Waals surface area contributed by atoms with Crippen molar-refractivity contribution in [3.05, 3.63) is 58.3 Å². The quantitative estimate of drug-likeness (QED) is 0.738. The number of nitrogens with one attached hydrogen (secondary N) is 1. The van der Waals surface area contributed by atoms with E-state index in [9.17, 15) is 9.59 Å². The molecule has 0 bridgehead atoms. The zero-order chi connectivity index (χ0) is 20.8. The fourth-order valence-electron chi connectivity index (χ4n) is 4.20. The summed E-state index contributed by atoms with van der Waals surface area (Å²) in [6, 6.07) is 14.4. The number of carbonyl (C=O) groups excluding carboxylic acids is 2. The molecular weight excluding hydrogens is 396 g/mol. The fourth-order valence-corrected chi connectivity index (χ4v) is 5.03. The van der Waals surface area contributed by atoms with E-state index in [1.807, 2.05) is 34.1 Å². The Hall–Kier alpha value is -2.22. The lowest BCUT2D eigenvalue weighted by atomic mass is 10.1. The molecule has 2 aliphatic rings. The second-order valence-corrected chi connectivity index (χ2v) is 8.96. The Morgan fingerprint density at radius 2 is 1.57 bits per heavy atom. The molecule has 1 aromatic heterocycles. The molecule has 0 saturated carbocycles. The van der Waals surface area contributed by atoms with Crippen molar-refractivity contribution >= 4 is 23.2 Å². The SMILES string of the molecule is O=C(CNC(c1ccccc1)c1cccs1)N1CCN(CC(=O)N2CCCC2)CC1. The molecule has 1 N–H and O–H groups in total. The van der Waals surface area contributed by atoms with Gasteiger partial charge in [-0.05, 0) is 29.9 Å². The van der Waals surface area contributed by atoms with Crippen LogP contribution >= 0.6 is 11.3 Å². The summed E-state index contributed by atoms with van der Waals surface area (Å²) in [7, 11) is 0. The van der Waals surface area contributed by atoms with Crippen LogP contribution in [-0.2, 0) is 9.59 Å². The van der Waals surface area contributed by atoms with Crippen molar-refractivity contribution in [1.29, 1.82) is 0 Å². The van der Waals surface area contributed by atoms with Gasteiger partial charge in [-0.25, -0.2) is 0 Å². The van der Waals surface area contributed by atoms with Gasteiger partial charge in [-0.2, -0.15) is 0 Å². The monoisotopic (exact) mass is 426 g/mol. The van der Waals surface area contributed by atoms with E-state index in [2.05, 4.69) is 33.8 Å². The van der Waals surface area contributed by atoms with E-state index in [1.165, 1.54) is 4.88 Å². The smallest absolute Gasteiger partial charge is 0.236 e. The summed E-state index contributed by atoms with van der Waals surface area (Å²) in [5.74, 6) is 0.355. The zero-order valence-corrected chi connectivity index (χ0v) is 18.2. The number of carbonyl (C=O) groups is 2. The van der Waals surface area contributed by atoms with Crippen LogP contribution < -0.4 is 5.32 Å². The average molecular weight is 427 g/mol. The Kier molecular flexibility index (Phi) is 7.15. The van der Waals surface area contributed by atoms with Crippen LogP contribution in [-0.4, -0.2) is 78.9 Å². The van der Waals surface area contributed by atoms with Crippen LogP contribution in [0.3, 0.4) is 0 Å².